The van der Waals surface area contributed by atoms with Gasteiger partial charge in [0.05, 0.1) is 26.1 Å². The van der Waals surface area contributed by atoms with E-state index in [0.717, 1.165) is 54.9 Å². The van der Waals surface area contributed by atoms with Gasteiger partial charge in [-0.1, -0.05) is 24.3 Å². The Bertz CT molecular complexity index is 942. The minimum absolute atomic E-state index is 0.0211. The molecule has 0 spiro atoms. The van der Waals surface area contributed by atoms with E-state index >= 15 is 0 Å². The Morgan fingerprint density at radius 2 is 2.04 bits per heavy atom. The van der Waals surface area contributed by atoms with Crippen LogP contribution in [0.4, 0.5) is 0 Å². The number of aromatic nitrogens is 2. The highest BCUT2D eigenvalue weighted by Gasteiger charge is 2.32. The molecule has 2 atom stereocenters. The lowest BCUT2D eigenvalue weighted by atomic mass is 9.82. The highest BCUT2D eigenvalue weighted by atomic mass is 32.1. The zero-order valence-electron chi connectivity index (χ0n) is 16.1. The second-order valence-corrected chi connectivity index (χ2v) is 9.31. The first-order valence-corrected chi connectivity index (χ1v) is 11.6. The summed E-state index contributed by atoms with van der Waals surface area (Å²) in [7, 11) is 0. The van der Waals surface area contributed by atoms with E-state index in [1.165, 1.54) is 9.71 Å². The molecule has 0 saturated carbocycles. The predicted octanol–water partition coefficient (Wildman–Crippen LogP) is 5.25. The molecule has 4 rings (SSSR count). The number of fused-ring (bicyclic) bond motifs is 1. The Labute approximate surface area is 173 Å². The van der Waals surface area contributed by atoms with Crippen molar-refractivity contribution in [3.05, 3.63) is 57.5 Å². The quantitative estimate of drug-likeness (QED) is 0.427. The number of hydrogen-bond donors (Lipinski definition) is 1. The maximum atomic E-state index is 12.9. The summed E-state index contributed by atoms with van der Waals surface area (Å²) in [6.07, 6.45) is 9.05. The molecule has 146 valence electrons. The molecule has 0 radical (unpaired) electrons. The number of nitrogens with zero attached hydrogens (tertiary/aromatic N) is 2. The Morgan fingerprint density at radius 1 is 1.18 bits per heavy atom. The molecule has 3 aromatic rings. The van der Waals surface area contributed by atoms with E-state index in [2.05, 4.69) is 33.9 Å². The van der Waals surface area contributed by atoms with Gasteiger partial charge in [-0.2, -0.15) is 0 Å². The normalized spacial score (nSPS) is 19.2. The van der Waals surface area contributed by atoms with Crippen LogP contribution in [0.5, 0.6) is 0 Å². The summed E-state index contributed by atoms with van der Waals surface area (Å²) in [5, 5.41) is 7.54. The molecule has 0 aliphatic heterocycles. The number of para-hydroxylation sites is 1. The molecule has 0 bridgehead atoms. The van der Waals surface area contributed by atoms with Crippen molar-refractivity contribution in [1.82, 2.24) is 15.3 Å². The number of hydrogen-bond acceptors (Lipinski definition) is 5. The van der Waals surface area contributed by atoms with Crippen molar-refractivity contribution in [1.29, 1.82) is 0 Å². The minimum atomic E-state index is -0.0211. The van der Waals surface area contributed by atoms with Gasteiger partial charge in [0, 0.05) is 23.5 Å². The molecule has 1 aliphatic carbocycles. The van der Waals surface area contributed by atoms with Crippen LogP contribution in [-0.2, 0) is 11.2 Å². The van der Waals surface area contributed by atoms with Crippen LogP contribution in [-0.4, -0.2) is 22.4 Å². The van der Waals surface area contributed by atoms with Crippen LogP contribution >= 0.6 is 22.7 Å². The molecule has 1 amide bonds. The smallest absolute Gasteiger partial charge is 0.224 e. The molecule has 2 heterocycles. The highest BCUT2D eigenvalue weighted by Crippen LogP contribution is 2.38. The van der Waals surface area contributed by atoms with Crippen molar-refractivity contribution in [2.24, 2.45) is 5.92 Å². The van der Waals surface area contributed by atoms with Crippen LogP contribution in [0.2, 0.25) is 0 Å². The second kappa shape index (κ2) is 8.97. The molecule has 0 saturated heterocycles. The van der Waals surface area contributed by atoms with Crippen molar-refractivity contribution in [3.63, 3.8) is 0 Å². The molecule has 6 heteroatoms. The summed E-state index contributed by atoms with van der Waals surface area (Å²) < 4.78 is 1.20. The topological polar surface area (TPSA) is 54.9 Å². The summed E-state index contributed by atoms with van der Waals surface area (Å²) in [4.78, 5) is 22.2. The number of unbranched alkanes of at least 4 members (excludes halogenated alkanes) is 1. The molecule has 0 fully saturated rings. The lowest BCUT2D eigenvalue weighted by molar-refractivity contribution is -0.125. The van der Waals surface area contributed by atoms with Crippen LogP contribution < -0.4 is 5.32 Å². The first kappa shape index (κ1) is 19.3. The van der Waals surface area contributed by atoms with E-state index in [1.807, 2.05) is 25.1 Å². The Kier molecular flexibility index (Phi) is 6.17. The van der Waals surface area contributed by atoms with Gasteiger partial charge < -0.3 is 5.32 Å². The van der Waals surface area contributed by atoms with Crippen molar-refractivity contribution in [2.45, 2.75) is 44.9 Å². The van der Waals surface area contributed by atoms with Crippen LogP contribution in [0.25, 0.3) is 10.2 Å². The number of rotatable bonds is 7. The Morgan fingerprint density at radius 3 is 2.86 bits per heavy atom. The van der Waals surface area contributed by atoms with Gasteiger partial charge in [0.2, 0.25) is 5.91 Å². The van der Waals surface area contributed by atoms with Gasteiger partial charge in [-0.15, -0.1) is 22.7 Å². The minimum Gasteiger partial charge on any atom is -0.356 e. The van der Waals surface area contributed by atoms with E-state index < -0.39 is 0 Å². The summed E-state index contributed by atoms with van der Waals surface area (Å²) >= 11 is 3.45. The highest BCUT2D eigenvalue weighted by molar-refractivity contribution is 7.18. The fourth-order valence-corrected chi connectivity index (χ4v) is 5.65. The van der Waals surface area contributed by atoms with Gasteiger partial charge in [0.1, 0.15) is 0 Å². The molecule has 1 N–H and O–H groups in total. The number of nitrogens with one attached hydrogen (secondary N) is 1. The maximum Gasteiger partial charge on any atom is 0.224 e. The van der Waals surface area contributed by atoms with E-state index in [1.54, 1.807) is 22.7 Å². The molecule has 1 aliphatic rings. The molecule has 2 aromatic heterocycles. The number of aryl methyl sites for hydroxylation is 2. The number of allylic oxidation sites excluding steroid dienone is 2. The zero-order chi connectivity index (χ0) is 19.3. The van der Waals surface area contributed by atoms with Gasteiger partial charge in [-0.25, -0.2) is 9.97 Å². The average Bonchev–Trinajstić information content (AvgIpc) is 3.33. The average molecular weight is 412 g/mol. The first-order valence-electron chi connectivity index (χ1n) is 9.90. The van der Waals surface area contributed by atoms with E-state index in [9.17, 15) is 4.79 Å². The molecule has 2 unspecified atom stereocenters. The van der Waals surface area contributed by atoms with Gasteiger partial charge in [0.15, 0.2) is 0 Å². The standard InChI is InChI=1S/C22H25N3OS2/c1-15-14-27-20(24-15)12-6-7-13-23-21(26)16-8-2-3-9-17(16)22-25-18-10-4-5-11-19(18)28-22/h2-5,10-11,14,16-17H,6-9,12-13H2,1H3,(H,23,26). The zero-order valence-corrected chi connectivity index (χ0v) is 17.7. The van der Waals surface area contributed by atoms with Crippen molar-refractivity contribution in [3.8, 4) is 0 Å². The Balaban J connectivity index is 1.32. The van der Waals surface area contributed by atoms with Crippen LogP contribution in [0, 0.1) is 12.8 Å². The first-order chi connectivity index (χ1) is 13.7. The largest absolute Gasteiger partial charge is 0.356 e. The summed E-state index contributed by atoms with van der Waals surface area (Å²) in [5.74, 6) is 0.326. The van der Waals surface area contributed by atoms with E-state index in [0.29, 0.717) is 0 Å². The summed E-state index contributed by atoms with van der Waals surface area (Å²) in [6.45, 7) is 2.76. The molecule has 28 heavy (non-hydrogen) atoms. The third-order valence-electron chi connectivity index (χ3n) is 5.18. The van der Waals surface area contributed by atoms with Gasteiger partial charge >= 0.3 is 0 Å². The second-order valence-electron chi connectivity index (χ2n) is 7.31. The fourth-order valence-electron chi connectivity index (χ4n) is 3.69. The van der Waals surface area contributed by atoms with Gasteiger partial charge in [-0.3, -0.25) is 4.79 Å². The van der Waals surface area contributed by atoms with Crippen LogP contribution in [0.15, 0.2) is 41.8 Å². The third-order valence-corrected chi connectivity index (χ3v) is 7.37. The number of thiazole rings is 2. The lowest BCUT2D eigenvalue weighted by Gasteiger charge is -2.26. The van der Waals surface area contributed by atoms with E-state index in [4.69, 9.17) is 4.98 Å². The lowest BCUT2D eigenvalue weighted by Crippen LogP contribution is -2.35. The fraction of sp³-hybridized carbons (Fsp3) is 0.409. The predicted molar refractivity (Wildman–Crippen MR) is 117 cm³/mol. The monoisotopic (exact) mass is 411 g/mol. The number of carbonyl (C=O) groups excluding carboxylic acids is 1. The summed E-state index contributed by atoms with van der Waals surface area (Å²) in [5.41, 5.74) is 2.13. The molecular formula is C22H25N3OS2. The maximum absolute atomic E-state index is 12.9. The van der Waals surface area contributed by atoms with Crippen molar-refractivity contribution >= 4 is 38.8 Å². The number of amides is 1. The summed E-state index contributed by atoms with van der Waals surface area (Å²) in [6, 6.07) is 8.22. The van der Waals surface area contributed by atoms with E-state index in [-0.39, 0.29) is 17.7 Å². The number of benzene rings is 1. The third kappa shape index (κ3) is 4.50. The van der Waals surface area contributed by atoms with Crippen molar-refractivity contribution < 1.29 is 4.79 Å². The molecule has 1 aromatic carbocycles. The van der Waals surface area contributed by atoms with Crippen LogP contribution in [0.1, 0.15) is 47.3 Å². The number of carbonyl (C=O) groups is 1. The SMILES string of the molecule is Cc1csc(CCCCNC(=O)C2CC=CCC2c2nc3ccccc3s2)n1. The van der Waals surface area contributed by atoms with Crippen LogP contribution in [0.3, 0.4) is 0 Å². The Hall–Kier alpha value is -2.05. The van der Waals surface area contributed by atoms with Gasteiger partial charge in [0.25, 0.3) is 0 Å². The molecular weight excluding hydrogens is 386 g/mol. The van der Waals surface area contributed by atoms with Gasteiger partial charge in [-0.05, 0) is 51.2 Å². The molecule has 4 nitrogen and oxygen atoms in total. The van der Waals surface area contributed by atoms with Crippen molar-refractivity contribution in [2.75, 3.05) is 6.54 Å².